The van der Waals surface area contributed by atoms with E-state index in [2.05, 4.69) is 39.1 Å². The first-order chi connectivity index (χ1) is 9.67. The van der Waals surface area contributed by atoms with E-state index in [0.29, 0.717) is 6.04 Å². The first-order valence-electron chi connectivity index (χ1n) is 7.24. The maximum Gasteiger partial charge on any atom is 0.191 e. The summed E-state index contributed by atoms with van der Waals surface area (Å²) in [4.78, 5) is 13.9. The van der Waals surface area contributed by atoms with Gasteiger partial charge in [-0.3, -0.25) is 0 Å². The Kier molecular flexibility index (Phi) is 5.48. The molecule has 6 heteroatoms. The molecule has 1 aliphatic heterocycles. The maximum atomic E-state index is 4.64. The third-order valence-corrected chi connectivity index (χ3v) is 4.59. The molecule has 112 valence electrons. The molecule has 0 spiro atoms. The summed E-state index contributed by atoms with van der Waals surface area (Å²) in [6.07, 6.45) is 4.42. The molecule has 1 aromatic heterocycles. The van der Waals surface area contributed by atoms with Gasteiger partial charge in [0.05, 0.1) is 0 Å². The van der Waals surface area contributed by atoms with Gasteiger partial charge in [0.25, 0.3) is 0 Å². The normalized spacial score (nSPS) is 17.2. The van der Waals surface area contributed by atoms with Crippen LogP contribution in [0.5, 0.6) is 0 Å². The molecule has 1 aromatic rings. The molecule has 0 radical (unpaired) electrons. The minimum atomic E-state index is 0.576. The predicted molar refractivity (Wildman–Crippen MR) is 86.9 cm³/mol. The lowest BCUT2D eigenvalue weighted by molar-refractivity contribution is 0.220. The van der Waals surface area contributed by atoms with Gasteiger partial charge < -0.3 is 15.1 Å². The highest BCUT2D eigenvalue weighted by atomic mass is 32.2. The van der Waals surface area contributed by atoms with Gasteiger partial charge in [-0.1, -0.05) is 18.7 Å². The third-order valence-electron chi connectivity index (χ3n) is 4.04. The quantitative estimate of drug-likeness (QED) is 0.663. The molecule has 0 unspecified atom stereocenters. The molecular formula is C14H25N5S. The Morgan fingerprint density at radius 3 is 2.65 bits per heavy atom. The Morgan fingerprint density at radius 1 is 1.40 bits per heavy atom. The van der Waals surface area contributed by atoms with E-state index in [0.717, 1.165) is 23.3 Å². The number of aromatic nitrogens is 2. The molecule has 0 atom stereocenters. The number of hydrogen-bond acceptors (Lipinski definition) is 6. The molecule has 1 saturated heterocycles. The number of likely N-dealkylation sites (tertiary alicyclic amines) is 1. The van der Waals surface area contributed by atoms with Crippen LogP contribution in [0, 0.1) is 0 Å². The minimum absolute atomic E-state index is 0.576. The average molecular weight is 295 g/mol. The topological polar surface area (TPSA) is 44.3 Å². The second kappa shape index (κ2) is 7.13. The van der Waals surface area contributed by atoms with Gasteiger partial charge in [-0.15, -0.1) is 0 Å². The van der Waals surface area contributed by atoms with Gasteiger partial charge in [0, 0.05) is 39.3 Å². The monoisotopic (exact) mass is 295 g/mol. The zero-order chi connectivity index (χ0) is 14.5. The Bertz CT molecular complexity index is 409. The smallest absolute Gasteiger partial charge is 0.191 e. The van der Waals surface area contributed by atoms with Gasteiger partial charge in [-0.2, -0.15) is 0 Å². The summed E-state index contributed by atoms with van der Waals surface area (Å²) >= 11 is 1.58. The van der Waals surface area contributed by atoms with E-state index in [-0.39, 0.29) is 0 Å². The SMILES string of the molecule is CCN1CCC(N(C)c2cc(NC)nc(SC)n2)CC1. The lowest BCUT2D eigenvalue weighted by Crippen LogP contribution is -2.43. The number of rotatable bonds is 5. The van der Waals surface area contributed by atoms with Crippen molar-refractivity contribution in [3.8, 4) is 0 Å². The van der Waals surface area contributed by atoms with Crippen molar-refractivity contribution < 1.29 is 0 Å². The van der Waals surface area contributed by atoms with E-state index in [9.17, 15) is 0 Å². The van der Waals surface area contributed by atoms with Crippen molar-refractivity contribution in [2.24, 2.45) is 0 Å². The van der Waals surface area contributed by atoms with Crippen molar-refractivity contribution in [2.45, 2.75) is 31.0 Å². The van der Waals surface area contributed by atoms with E-state index in [4.69, 9.17) is 0 Å². The van der Waals surface area contributed by atoms with Crippen LogP contribution in [0.3, 0.4) is 0 Å². The van der Waals surface area contributed by atoms with Crippen LogP contribution in [-0.2, 0) is 0 Å². The van der Waals surface area contributed by atoms with Crippen LogP contribution in [0.25, 0.3) is 0 Å². The van der Waals surface area contributed by atoms with Gasteiger partial charge in [-0.25, -0.2) is 9.97 Å². The summed E-state index contributed by atoms with van der Waals surface area (Å²) in [5.41, 5.74) is 0. The van der Waals surface area contributed by atoms with Crippen molar-refractivity contribution in [2.75, 3.05) is 50.2 Å². The van der Waals surface area contributed by atoms with Crippen LogP contribution >= 0.6 is 11.8 Å². The fraction of sp³-hybridized carbons (Fsp3) is 0.714. The molecule has 5 nitrogen and oxygen atoms in total. The molecule has 2 rings (SSSR count). The second-order valence-electron chi connectivity index (χ2n) is 5.12. The number of nitrogens with zero attached hydrogens (tertiary/aromatic N) is 4. The van der Waals surface area contributed by atoms with Crippen LogP contribution in [-0.4, -0.2) is 60.9 Å². The molecule has 0 saturated carbocycles. The van der Waals surface area contributed by atoms with Crippen molar-refractivity contribution in [1.29, 1.82) is 0 Å². The summed E-state index contributed by atoms with van der Waals surface area (Å²) in [5.74, 6) is 1.90. The van der Waals surface area contributed by atoms with Crippen LogP contribution < -0.4 is 10.2 Å². The number of anilines is 2. The summed E-state index contributed by atoms with van der Waals surface area (Å²) in [6.45, 7) is 5.76. The van der Waals surface area contributed by atoms with Crippen LogP contribution in [0.2, 0.25) is 0 Å². The summed E-state index contributed by atoms with van der Waals surface area (Å²) in [7, 11) is 4.05. The number of thioether (sulfide) groups is 1. The first kappa shape index (κ1) is 15.4. The van der Waals surface area contributed by atoms with Crippen LogP contribution in [0.1, 0.15) is 19.8 Å². The first-order valence-corrected chi connectivity index (χ1v) is 8.46. The van der Waals surface area contributed by atoms with Gasteiger partial charge in [0.2, 0.25) is 0 Å². The minimum Gasteiger partial charge on any atom is -0.373 e. The predicted octanol–water partition coefficient (Wildman–Crippen LogP) is 2.16. The Hall–Kier alpha value is -1.01. The van der Waals surface area contributed by atoms with Crippen molar-refractivity contribution >= 4 is 23.4 Å². The highest BCUT2D eigenvalue weighted by Crippen LogP contribution is 2.24. The molecule has 0 aliphatic carbocycles. The highest BCUT2D eigenvalue weighted by molar-refractivity contribution is 7.98. The lowest BCUT2D eigenvalue weighted by atomic mass is 10.0. The Labute approximate surface area is 126 Å². The average Bonchev–Trinajstić information content (AvgIpc) is 2.53. The maximum absolute atomic E-state index is 4.64. The molecule has 0 bridgehead atoms. The molecule has 1 fully saturated rings. The Balaban J connectivity index is 2.10. The zero-order valence-electron chi connectivity index (χ0n) is 12.9. The number of hydrogen-bond donors (Lipinski definition) is 1. The van der Waals surface area contributed by atoms with Crippen LogP contribution in [0.4, 0.5) is 11.6 Å². The lowest BCUT2D eigenvalue weighted by Gasteiger charge is -2.37. The van der Waals surface area contributed by atoms with E-state index in [1.165, 1.54) is 25.9 Å². The van der Waals surface area contributed by atoms with E-state index in [1.807, 2.05) is 19.4 Å². The molecule has 1 aliphatic rings. The van der Waals surface area contributed by atoms with E-state index < -0.39 is 0 Å². The van der Waals surface area contributed by atoms with E-state index >= 15 is 0 Å². The standard InChI is InChI=1S/C14H25N5S/c1-5-19-8-6-11(7-9-19)18(3)13-10-12(15-2)16-14(17-13)20-4/h10-11H,5-9H2,1-4H3,(H,15,16,17). The van der Waals surface area contributed by atoms with Gasteiger partial charge in [0.15, 0.2) is 5.16 Å². The van der Waals surface area contributed by atoms with E-state index in [1.54, 1.807) is 11.8 Å². The highest BCUT2D eigenvalue weighted by Gasteiger charge is 2.23. The largest absolute Gasteiger partial charge is 0.373 e. The fourth-order valence-corrected chi connectivity index (χ4v) is 3.00. The van der Waals surface area contributed by atoms with Crippen molar-refractivity contribution in [1.82, 2.24) is 14.9 Å². The molecular weight excluding hydrogens is 270 g/mol. The summed E-state index contributed by atoms with van der Waals surface area (Å²) < 4.78 is 0. The van der Waals surface area contributed by atoms with Crippen molar-refractivity contribution in [3.63, 3.8) is 0 Å². The fourth-order valence-electron chi connectivity index (χ4n) is 2.62. The summed E-state index contributed by atoms with van der Waals surface area (Å²) in [6, 6.07) is 2.61. The Morgan fingerprint density at radius 2 is 2.10 bits per heavy atom. The summed E-state index contributed by atoms with van der Waals surface area (Å²) in [5, 5.41) is 3.94. The number of piperidine rings is 1. The third kappa shape index (κ3) is 3.55. The second-order valence-corrected chi connectivity index (χ2v) is 5.90. The van der Waals surface area contributed by atoms with Gasteiger partial charge in [0.1, 0.15) is 11.6 Å². The van der Waals surface area contributed by atoms with Gasteiger partial charge >= 0.3 is 0 Å². The zero-order valence-corrected chi connectivity index (χ0v) is 13.7. The molecule has 1 N–H and O–H groups in total. The molecule has 2 heterocycles. The molecule has 0 aromatic carbocycles. The molecule has 0 amide bonds. The molecule has 20 heavy (non-hydrogen) atoms. The van der Waals surface area contributed by atoms with Gasteiger partial charge in [-0.05, 0) is 25.6 Å². The van der Waals surface area contributed by atoms with Crippen LogP contribution in [0.15, 0.2) is 11.2 Å². The van der Waals surface area contributed by atoms with Crippen molar-refractivity contribution in [3.05, 3.63) is 6.07 Å². The number of nitrogens with one attached hydrogen (secondary N) is 1.